The minimum absolute atomic E-state index is 0.0937. The first kappa shape index (κ1) is 8.75. The van der Waals surface area contributed by atoms with Crippen molar-refractivity contribution in [2.75, 3.05) is 6.54 Å². The Kier molecular flexibility index (Phi) is 2.29. The van der Waals surface area contributed by atoms with Crippen LogP contribution in [-0.4, -0.2) is 45.4 Å². The van der Waals surface area contributed by atoms with E-state index in [9.17, 15) is 10.2 Å². The molecule has 0 saturated carbocycles. The van der Waals surface area contributed by atoms with E-state index >= 15 is 0 Å². The third-order valence-electron chi connectivity index (χ3n) is 2.93. The highest BCUT2D eigenvalue weighted by molar-refractivity contribution is 6.21. The second-order valence-electron chi connectivity index (χ2n) is 3.65. The average molecular weight is 192 g/mol. The molecule has 70 valence electrons. The Labute approximate surface area is 76.9 Å². The first-order valence-electron chi connectivity index (χ1n) is 4.48. The van der Waals surface area contributed by atoms with E-state index in [1.165, 1.54) is 0 Å². The number of aliphatic hydroxyl groups excluding tert-OH is 2. The summed E-state index contributed by atoms with van der Waals surface area (Å²) in [6, 6.07) is 0.0937. The lowest BCUT2D eigenvalue weighted by Crippen LogP contribution is -2.40. The number of halogens is 1. The number of aliphatic hydroxyl groups is 2. The summed E-state index contributed by atoms with van der Waals surface area (Å²) in [6.07, 6.45) is 1.80. The van der Waals surface area contributed by atoms with Crippen LogP contribution in [-0.2, 0) is 0 Å². The van der Waals surface area contributed by atoms with Crippen molar-refractivity contribution < 1.29 is 10.2 Å². The standard InChI is InChI=1S/C8H14ClNO2/c9-8-7(12)6(11)5-3-1-2-4-10(5)8/h5-8,11-12H,1-4H2. The molecular formula is C8H14ClNO2. The van der Waals surface area contributed by atoms with E-state index in [-0.39, 0.29) is 11.5 Å². The van der Waals surface area contributed by atoms with E-state index in [4.69, 9.17) is 11.6 Å². The molecule has 2 N–H and O–H groups in total. The molecule has 2 aliphatic rings. The quantitative estimate of drug-likeness (QED) is 0.423. The van der Waals surface area contributed by atoms with E-state index in [1.54, 1.807) is 0 Å². The first-order chi connectivity index (χ1) is 5.72. The zero-order valence-electron chi connectivity index (χ0n) is 6.86. The molecule has 0 radical (unpaired) electrons. The number of piperidine rings is 1. The maximum Gasteiger partial charge on any atom is 0.114 e. The van der Waals surface area contributed by atoms with Crippen molar-refractivity contribution in [3.8, 4) is 0 Å². The monoisotopic (exact) mass is 191 g/mol. The highest BCUT2D eigenvalue weighted by Gasteiger charge is 2.47. The van der Waals surface area contributed by atoms with Crippen LogP contribution in [0.1, 0.15) is 19.3 Å². The third-order valence-corrected chi connectivity index (χ3v) is 3.44. The van der Waals surface area contributed by atoms with Crippen LogP contribution in [0.15, 0.2) is 0 Å². The Morgan fingerprint density at radius 1 is 1.17 bits per heavy atom. The first-order valence-corrected chi connectivity index (χ1v) is 4.91. The molecule has 12 heavy (non-hydrogen) atoms. The Hall–Kier alpha value is 0.170. The number of nitrogens with zero attached hydrogens (tertiary/aromatic N) is 1. The van der Waals surface area contributed by atoms with E-state index in [1.807, 2.05) is 4.90 Å². The van der Waals surface area contributed by atoms with Crippen molar-refractivity contribution in [1.29, 1.82) is 0 Å². The summed E-state index contributed by atoms with van der Waals surface area (Å²) in [5, 5.41) is 19.1. The third kappa shape index (κ3) is 1.16. The molecule has 0 amide bonds. The van der Waals surface area contributed by atoms with Gasteiger partial charge in [-0.05, 0) is 12.8 Å². The Morgan fingerprint density at radius 2 is 1.92 bits per heavy atom. The van der Waals surface area contributed by atoms with Gasteiger partial charge in [0.15, 0.2) is 0 Å². The van der Waals surface area contributed by atoms with Gasteiger partial charge in [-0.3, -0.25) is 4.90 Å². The number of fused-ring (bicyclic) bond motifs is 1. The van der Waals surface area contributed by atoms with Gasteiger partial charge in [0.05, 0.1) is 6.10 Å². The van der Waals surface area contributed by atoms with Crippen LogP contribution in [0.25, 0.3) is 0 Å². The molecule has 0 aromatic rings. The van der Waals surface area contributed by atoms with Crippen molar-refractivity contribution in [2.24, 2.45) is 0 Å². The smallest absolute Gasteiger partial charge is 0.114 e. The number of rotatable bonds is 0. The summed E-state index contributed by atoms with van der Waals surface area (Å²) in [4.78, 5) is 2.01. The largest absolute Gasteiger partial charge is 0.389 e. The van der Waals surface area contributed by atoms with Crippen molar-refractivity contribution in [1.82, 2.24) is 4.90 Å². The van der Waals surface area contributed by atoms with Crippen LogP contribution in [0.2, 0.25) is 0 Å². The average Bonchev–Trinajstić information content (AvgIpc) is 2.33. The molecule has 4 heteroatoms. The predicted molar refractivity (Wildman–Crippen MR) is 46.0 cm³/mol. The molecule has 2 saturated heterocycles. The van der Waals surface area contributed by atoms with Crippen molar-refractivity contribution in [2.45, 2.75) is 43.0 Å². The maximum absolute atomic E-state index is 9.59. The van der Waals surface area contributed by atoms with Gasteiger partial charge in [-0.25, -0.2) is 0 Å². The molecule has 2 heterocycles. The van der Waals surface area contributed by atoms with Gasteiger partial charge in [0.25, 0.3) is 0 Å². The molecular weight excluding hydrogens is 178 g/mol. The van der Waals surface area contributed by atoms with Crippen LogP contribution in [0.3, 0.4) is 0 Å². The predicted octanol–water partition coefficient (Wildman–Crippen LogP) is 0.141. The van der Waals surface area contributed by atoms with Gasteiger partial charge in [-0.1, -0.05) is 6.42 Å². The lowest BCUT2D eigenvalue weighted by atomic mass is 10.0. The summed E-state index contributed by atoms with van der Waals surface area (Å²) in [5.41, 5.74) is -0.384. The highest BCUT2D eigenvalue weighted by atomic mass is 35.5. The minimum atomic E-state index is -0.769. The fraction of sp³-hybridized carbons (Fsp3) is 1.00. The fourth-order valence-electron chi connectivity index (χ4n) is 2.24. The van der Waals surface area contributed by atoms with Gasteiger partial charge in [0, 0.05) is 12.6 Å². The molecule has 0 aliphatic carbocycles. The maximum atomic E-state index is 9.59. The zero-order valence-corrected chi connectivity index (χ0v) is 7.61. The van der Waals surface area contributed by atoms with Crippen molar-refractivity contribution in [3.63, 3.8) is 0 Å². The number of hydrogen-bond acceptors (Lipinski definition) is 3. The van der Waals surface area contributed by atoms with Crippen LogP contribution in [0.5, 0.6) is 0 Å². The summed E-state index contributed by atoms with van der Waals surface area (Å²) in [7, 11) is 0. The molecule has 0 spiro atoms. The van der Waals surface area contributed by atoms with Gasteiger partial charge in [-0.2, -0.15) is 0 Å². The Morgan fingerprint density at radius 3 is 2.58 bits per heavy atom. The highest BCUT2D eigenvalue weighted by Crippen LogP contribution is 2.33. The van der Waals surface area contributed by atoms with E-state index < -0.39 is 12.2 Å². The molecule has 2 aliphatic heterocycles. The van der Waals surface area contributed by atoms with Gasteiger partial charge >= 0.3 is 0 Å². The van der Waals surface area contributed by atoms with Gasteiger partial charge in [0.2, 0.25) is 0 Å². The molecule has 4 atom stereocenters. The zero-order chi connectivity index (χ0) is 8.72. The molecule has 0 bridgehead atoms. The summed E-state index contributed by atoms with van der Waals surface area (Å²) >= 11 is 5.95. The normalized spacial score (nSPS) is 49.2. The second-order valence-corrected chi connectivity index (χ2v) is 4.10. The van der Waals surface area contributed by atoms with E-state index in [0.29, 0.717) is 0 Å². The van der Waals surface area contributed by atoms with Gasteiger partial charge < -0.3 is 10.2 Å². The molecule has 0 aromatic carbocycles. The fourth-order valence-corrected chi connectivity index (χ4v) is 2.63. The van der Waals surface area contributed by atoms with Crippen LogP contribution >= 0.6 is 11.6 Å². The molecule has 2 fully saturated rings. The topological polar surface area (TPSA) is 43.7 Å². The van der Waals surface area contributed by atoms with E-state index in [2.05, 4.69) is 0 Å². The number of hydrogen-bond donors (Lipinski definition) is 2. The lowest BCUT2D eigenvalue weighted by Gasteiger charge is -2.31. The lowest BCUT2D eigenvalue weighted by molar-refractivity contribution is 0.0305. The summed E-state index contributed by atoms with van der Waals surface area (Å²) in [6.45, 7) is 0.910. The molecule has 2 rings (SSSR count). The molecule has 4 unspecified atom stereocenters. The summed E-state index contributed by atoms with van der Waals surface area (Å²) < 4.78 is 0. The van der Waals surface area contributed by atoms with Gasteiger partial charge in [0.1, 0.15) is 11.6 Å². The Bertz CT molecular complexity index is 160. The van der Waals surface area contributed by atoms with E-state index in [0.717, 1.165) is 25.8 Å². The summed E-state index contributed by atoms with van der Waals surface area (Å²) in [5.74, 6) is 0. The van der Waals surface area contributed by atoms with Crippen LogP contribution < -0.4 is 0 Å². The molecule has 0 aromatic heterocycles. The number of alkyl halides is 1. The van der Waals surface area contributed by atoms with Crippen LogP contribution in [0.4, 0.5) is 0 Å². The van der Waals surface area contributed by atoms with Crippen LogP contribution in [0, 0.1) is 0 Å². The SMILES string of the molecule is OC1C(O)C2CCCCN2C1Cl. The van der Waals surface area contributed by atoms with Crippen molar-refractivity contribution >= 4 is 11.6 Å². The van der Waals surface area contributed by atoms with Gasteiger partial charge in [-0.15, -0.1) is 11.6 Å². The molecule has 3 nitrogen and oxygen atoms in total. The second kappa shape index (κ2) is 3.14. The van der Waals surface area contributed by atoms with Crippen molar-refractivity contribution in [3.05, 3.63) is 0 Å². The minimum Gasteiger partial charge on any atom is -0.389 e. The Balaban J connectivity index is 2.14.